The molecule has 15 heavy (non-hydrogen) atoms. The summed E-state index contributed by atoms with van der Waals surface area (Å²) >= 11 is 6.02. The fourth-order valence-electron chi connectivity index (χ4n) is 1.63. The molecule has 1 aromatic carbocycles. The summed E-state index contributed by atoms with van der Waals surface area (Å²) in [6.07, 6.45) is 1.12. The molecule has 80 valence electrons. The van der Waals surface area contributed by atoms with Gasteiger partial charge in [0.1, 0.15) is 0 Å². The lowest BCUT2D eigenvalue weighted by Crippen LogP contribution is -2.19. The zero-order chi connectivity index (χ0) is 10.8. The predicted octanol–water partition coefficient (Wildman–Crippen LogP) is 1.65. The average molecular weight is 226 g/mol. The van der Waals surface area contributed by atoms with Crippen molar-refractivity contribution in [1.82, 2.24) is 4.57 Å². The second kappa shape index (κ2) is 4.23. The van der Waals surface area contributed by atoms with Crippen LogP contribution in [0.3, 0.4) is 0 Å². The van der Waals surface area contributed by atoms with Crippen LogP contribution in [-0.4, -0.2) is 27.5 Å². The van der Waals surface area contributed by atoms with Gasteiger partial charge in [-0.2, -0.15) is 0 Å². The van der Waals surface area contributed by atoms with Crippen molar-refractivity contribution in [1.29, 1.82) is 0 Å². The third-order valence-corrected chi connectivity index (χ3v) is 2.71. The Morgan fingerprint density at radius 2 is 2.13 bits per heavy atom. The molecule has 0 amide bonds. The largest absolute Gasteiger partial charge is 0.394 e. The second-order valence-corrected chi connectivity index (χ2v) is 3.88. The van der Waals surface area contributed by atoms with Crippen LogP contribution in [0.15, 0.2) is 30.5 Å². The molecule has 0 aliphatic carbocycles. The number of aliphatic hydroxyl groups is 2. The van der Waals surface area contributed by atoms with Crippen LogP contribution < -0.4 is 0 Å². The number of aromatic nitrogens is 1. The molecule has 1 aromatic heterocycles. The van der Waals surface area contributed by atoms with E-state index in [1.54, 1.807) is 0 Å². The van der Waals surface area contributed by atoms with Crippen molar-refractivity contribution in [3.05, 3.63) is 35.5 Å². The summed E-state index contributed by atoms with van der Waals surface area (Å²) in [4.78, 5) is 0. The molecule has 2 rings (SSSR count). The number of nitrogens with zero attached hydrogens (tertiary/aromatic N) is 1. The lowest BCUT2D eigenvalue weighted by molar-refractivity contribution is 0.0822. The van der Waals surface area contributed by atoms with E-state index in [4.69, 9.17) is 16.7 Å². The third kappa shape index (κ3) is 2.00. The van der Waals surface area contributed by atoms with E-state index < -0.39 is 6.10 Å². The van der Waals surface area contributed by atoms with E-state index in [9.17, 15) is 5.11 Å². The standard InChI is InChI=1S/C11H12ClNO2/c12-10-2-1-3-11-9(10)4-5-13(11)6-8(15)7-14/h1-5,8,14-15H,6-7H2. The van der Waals surface area contributed by atoms with Crippen LogP contribution in [0, 0.1) is 0 Å². The zero-order valence-corrected chi connectivity index (χ0v) is 8.85. The highest BCUT2D eigenvalue weighted by Gasteiger charge is 2.07. The third-order valence-electron chi connectivity index (χ3n) is 2.38. The normalized spacial score (nSPS) is 13.3. The highest BCUT2D eigenvalue weighted by atomic mass is 35.5. The Hall–Kier alpha value is -1.03. The van der Waals surface area contributed by atoms with Gasteiger partial charge in [0.15, 0.2) is 0 Å². The lowest BCUT2D eigenvalue weighted by Gasteiger charge is -2.09. The number of hydrogen-bond donors (Lipinski definition) is 2. The number of aliphatic hydroxyl groups excluding tert-OH is 2. The maximum atomic E-state index is 9.35. The van der Waals surface area contributed by atoms with Gasteiger partial charge in [0, 0.05) is 22.1 Å². The fraction of sp³-hybridized carbons (Fsp3) is 0.273. The number of hydrogen-bond acceptors (Lipinski definition) is 2. The Balaban J connectivity index is 2.41. The Morgan fingerprint density at radius 1 is 1.33 bits per heavy atom. The smallest absolute Gasteiger partial charge is 0.0949 e. The van der Waals surface area contributed by atoms with Gasteiger partial charge < -0.3 is 14.8 Å². The molecule has 0 aliphatic rings. The molecule has 1 unspecified atom stereocenters. The van der Waals surface area contributed by atoms with Crippen LogP contribution in [0.1, 0.15) is 0 Å². The van der Waals surface area contributed by atoms with Crippen molar-refractivity contribution in [3.63, 3.8) is 0 Å². The van der Waals surface area contributed by atoms with Crippen LogP contribution in [0.5, 0.6) is 0 Å². The lowest BCUT2D eigenvalue weighted by atomic mass is 10.2. The first-order valence-electron chi connectivity index (χ1n) is 4.74. The molecular weight excluding hydrogens is 214 g/mol. The van der Waals surface area contributed by atoms with E-state index in [1.807, 2.05) is 35.0 Å². The molecule has 1 atom stereocenters. The molecule has 0 bridgehead atoms. The topological polar surface area (TPSA) is 45.4 Å². The van der Waals surface area contributed by atoms with Gasteiger partial charge in [-0.1, -0.05) is 17.7 Å². The summed E-state index contributed by atoms with van der Waals surface area (Å²) < 4.78 is 1.88. The van der Waals surface area contributed by atoms with Crippen molar-refractivity contribution >= 4 is 22.5 Å². The SMILES string of the molecule is OCC(O)Cn1ccc2c(Cl)cccc21. The first kappa shape index (κ1) is 10.5. The van der Waals surface area contributed by atoms with Gasteiger partial charge in [-0.25, -0.2) is 0 Å². The van der Waals surface area contributed by atoms with Gasteiger partial charge >= 0.3 is 0 Å². The van der Waals surface area contributed by atoms with E-state index >= 15 is 0 Å². The summed E-state index contributed by atoms with van der Waals surface area (Å²) in [6, 6.07) is 7.54. The second-order valence-electron chi connectivity index (χ2n) is 3.48. The maximum absolute atomic E-state index is 9.35. The van der Waals surface area contributed by atoms with Crippen LogP contribution in [0.4, 0.5) is 0 Å². The minimum absolute atomic E-state index is 0.236. The van der Waals surface area contributed by atoms with Crippen molar-refractivity contribution in [2.24, 2.45) is 0 Å². The van der Waals surface area contributed by atoms with E-state index in [0.717, 1.165) is 10.9 Å². The van der Waals surface area contributed by atoms with E-state index in [1.165, 1.54) is 0 Å². The zero-order valence-electron chi connectivity index (χ0n) is 8.10. The number of rotatable bonds is 3. The van der Waals surface area contributed by atoms with Crippen LogP contribution in [0.2, 0.25) is 5.02 Å². The van der Waals surface area contributed by atoms with Gasteiger partial charge in [-0.05, 0) is 18.2 Å². The average Bonchev–Trinajstić information content (AvgIpc) is 2.63. The molecule has 4 heteroatoms. The van der Waals surface area contributed by atoms with Crippen LogP contribution in [-0.2, 0) is 6.54 Å². The molecule has 0 aliphatic heterocycles. The maximum Gasteiger partial charge on any atom is 0.0949 e. The summed E-state index contributed by atoms with van der Waals surface area (Å²) in [5, 5.41) is 19.8. The molecule has 0 radical (unpaired) electrons. The molecule has 0 fully saturated rings. The molecule has 0 spiro atoms. The molecule has 0 saturated heterocycles. The van der Waals surface area contributed by atoms with Gasteiger partial charge in [0.2, 0.25) is 0 Å². The van der Waals surface area contributed by atoms with Gasteiger partial charge in [0.05, 0.1) is 19.3 Å². The van der Waals surface area contributed by atoms with Crippen molar-refractivity contribution in [3.8, 4) is 0 Å². The molecule has 0 saturated carbocycles. The van der Waals surface area contributed by atoms with Gasteiger partial charge in [-0.3, -0.25) is 0 Å². The summed E-state index contributed by atoms with van der Waals surface area (Å²) in [7, 11) is 0. The van der Waals surface area contributed by atoms with E-state index in [0.29, 0.717) is 11.6 Å². The summed E-state index contributed by atoms with van der Waals surface area (Å²) in [6.45, 7) is 0.139. The fourth-order valence-corrected chi connectivity index (χ4v) is 1.86. The molecule has 2 N–H and O–H groups in total. The molecule has 3 nitrogen and oxygen atoms in total. The van der Waals surface area contributed by atoms with Crippen LogP contribution >= 0.6 is 11.6 Å². The first-order valence-corrected chi connectivity index (χ1v) is 5.12. The monoisotopic (exact) mass is 225 g/mol. The Kier molecular flexibility index (Phi) is 2.95. The van der Waals surface area contributed by atoms with E-state index in [-0.39, 0.29) is 6.61 Å². The van der Waals surface area contributed by atoms with Crippen molar-refractivity contribution < 1.29 is 10.2 Å². The quantitative estimate of drug-likeness (QED) is 0.835. The van der Waals surface area contributed by atoms with Gasteiger partial charge in [-0.15, -0.1) is 0 Å². The number of benzene rings is 1. The minimum atomic E-state index is -0.736. The predicted molar refractivity (Wildman–Crippen MR) is 60.0 cm³/mol. The Morgan fingerprint density at radius 3 is 2.87 bits per heavy atom. The Bertz CT molecular complexity index is 467. The highest BCUT2D eigenvalue weighted by Crippen LogP contribution is 2.24. The van der Waals surface area contributed by atoms with Crippen molar-refractivity contribution in [2.75, 3.05) is 6.61 Å². The highest BCUT2D eigenvalue weighted by molar-refractivity contribution is 6.35. The van der Waals surface area contributed by atoms with Crippen LogP contribution in [0.25, 0.3) is 10.9 Å². The van der Waals surface area contributed by atoms with Crippen molar-refractivity contribution in [2.45, 2.75) is 12.6 Å². The molecule has 1 heterocycles. The minimum Gasteiger partial charge on any atom is -0.394 e. The van der Waals surface area contributed by atoms with Gasteiger partial charge in [0.25, 0.3) is 0 Å². The number of fused-ring (bicyclic) bond motifs is 1. The summed E-state index contributed by atoms with van der Waals surface area (Å²) in [5.41, 5.74) is 0.968. The summed E-state index contributed by atoms with van der Waals surface area (Å²) in [5.74, 6) is 0. The molecular formula is C11H12ClNO2. The number of halogens is 1. The van der Waals surface area contributed by atoms with E-state index in [2.05, 4.69) is 0 Å². The first-order chi connectivity index (χ1) is 7.22. The Labute approximate surface area is 92.5 Å². The molecule has 2 aromatic rings.